The van der Waals surface area contributed by atoms with Crippen molar-refractivity contribution in [1.29, 1.82) is 0 Å². The van der Waals surface area contributed by atoms with Gasteiger partial charge in [0.05, 0.1) is 17.4 Å². The summed E-state index contributed by atoms with van der Waals surface area (Å²) in [5.74, 6) is 0.949. The molecular weight excluding hydrogens is 501 g/mol. The number of aryl methyl sites for hydroxylation is 1. The van der Waals surface area contributed by atoms with Gasteiger partial charge in [-0.2, -0.15) is 0 Å². The van der Waals surface area contributed by atoms with Gasteiger partial charge >= 0.3 is 5.97 Å². The third-order valence-electron chi connectivity index (χ3n) is 5.78. The summed E-state index contributed by atoms with van der Waals surface area (Å²) >= 11 is 4.59. The number of fused-ring (bicyclic) bond motifs is 1. The van der Waals surface area contributed by atoms with Crippen molar-refractivity contribution in [3.05, 3.63) is 32.3 Å². The average Bonchev–Trinajstić information content (AvgIpc) is 3.52. The fourth-order valence-corrected chi connectivity index (χ4v) is 7.10. The second kappa shape index (κ2) is 11.3. The van der Waals surface area contributed by atoms with Crippen LogP contribution in [0.25, 0.3) is 11.4 Å². The predicted octanol–water partition coefficient (Wildman–Crippen LogP) is 6.39. The number of amides is 1. The zero-order valence-corrected chi connectivity index (χ0v) is 23.3. The van der Waals surface area contributed by atoms with E-state index in [4.69, 9.17) is 4.74 Å². The van der Waals surface area contributed by atoms with Crippen LogP contribution in [0.1, 0.15) is 79.1 Å². The number of nitrogens with zero attached hydrogens (tertiary/aromatic N) is 3. The zero-order valence-electron chi connectivity index (χ0n) is 20.8. The molecule has 35 heavy (non-hydrogen) atoms. The Hall–Kier alpha value is -2.17. The maximum atomic E-state index is 12.9. The lowest BCUT2D eigenvalue weighted by Gasteiger charge is -2.14. The van der Waals surface area contributed by atoms with E-state index in [1.54, 1.807) is 11.3 Å². The molecule has 7 nitrogen and oxygen atoms in total. The molecule has 3 heterocycles. The van der Waals surface area contributed by atoms with E-state index >= 15 is 0 Å². The van der Waals surface area contributed by atoms with Crippen LogP contribution in [0.5, 0.6) is 0 Å². The number of carbonyl (C=O) groups excluding carboxylic acids is 2. The first-order valence-corrected chi connectivity index (χ1v) is 14.8. The molecule has 0 atom stereocenters. The van der Waals surface area contributed by atoms with Crippen LogP contribution in [0.15, 0.2) is 16.6 Å². The molecular formula is C25H32N4O3S3. The van der Waals surface area contributed by atoms with Crippen LogP contribution in [-0.4, -0.2) is 38.5 Å². The smallest absolute Gasteiger partial charge is 0.341 e. The van der Waals surface area contributed by atoms with Crippen molar-refractivity contribution in [3.63, 3.8) is 0 Å². The standard InChI is InChI=1S/C25H32N4O3S3/c1-6-29-22(16-11-19(14(2)3)33-12-16)27-28-25(29)34-13-20(30)26-23-21(24(31)32-15(4)5)17-9-7-8-10-18(17)35-23/h11-12,14-15H,6-10,13H2,1-5H3,(H,26,30). The minimum atomic E-state index is -0.353. The summed E-state index contributed by atoms with van der Waals surface area (Å²) in [5, 5.41) is 15.2. The van der Waals surface area contributed by atoms with Gasteiger partial charge in [-0.25, -0.2) is 4.79 Å². The Kier molecular flexibility index (Phi) is 8.34. The molecule has 0 bridgehead atoms. The van der Waals surface area contributed by atoms with Crippen LogP contribution < -0.4 is 5.32 Å². The Morgan fingerprint density at radius 2 is 1.97 bits per heavy atom. The highest BCUT2D eigenvalue weighted by Crippen LogP contribution is 2.39. The first kappa shape index (κ1) is 25.9. The fraction of sp³-hybridized carbons (Fsp3) is 0.520. The van der Waals surface area contributed by atoms with E-state index in [1.165, 1.54) is 32.9 Å². The van der Waals surface area contributed by atoms with Crippen molar-refractivity contribution in [2.75, 3.05) is 11.1 Å². The largest absolute Gasteiger partial charge is 0.459 e. The highest BCUT2D eigenvalue weighted by atomic mass is 32.2. The van der Waals surface area contributed by atoms with E-state index in [9.17, 15) is 9.59 Å². The summed E-state index contributed by atoms with van der Waals surface area (Å²) in [7, 11) is 0. The van der Waals surface area contributed by atoms with Crippen molar-refractivity contribution >= 4 is 51.3 Å². The molecule has 3 aromatic heterocycles. The van der Waals surface area contributed by atoms with Crippen LogP contribution in [0.4, 0.5) is 5.00 Å². The molecule has 1 amide bonds. The van der Waals surface area contributed by atoms with Crippen molar-refractivity contribution in [3.8, 4) is 11.4 Å². The van der Waals surface area contributed by atoms with E-state index in [-0.39, 0.29) is 23.7 Å². The molecule has 0 saturated carbocycles. The highest BCUT2D eigenvalue weighted by Gasteiger charge is 2.28. The molecule has 3 aromatic rings. The van der Waals surface area contributed by atoms with Gasteiger partial charge in [-0.05, 0) is 64.0 Å². The number of hydrogen-bond donors (Lipinski definition) is 1. The monoisotopic (exact) mass is 532 g/mol. The summed E-state index contributed by atoms with van der Waals surface area (Å²) in [6, 6.07) is 2.17. The maximum Gasteiger partial charge on any atom is 0.341 e. The van der Waals surface area contributed by atoms with Crippen LogP contribution in [0.2, 0.25) is 0 Å². The van der Waals surface area contributed by atoms with E-state index in [0.29, 0.717) is 28.2 Å². The average molecular weight is 533 g/mol. The first-order chi connectivity index (χ1) is 16.8. The van der Waals surface area contributed by atoms with Gasteiger partial charge in [-0.15, -0.1) is 32.9 Å². The molecule has 0 aromatic carbocycles. The van der Waals surface area contributed by atoms with Gasteiger partial charge in [0.1, 0.15) is 5.00 Å². The van der Waals surface area contributed by atoms with Crippen LogP contribution in [0.3, 0.4) is 0 Å². The van der Waals surface area contributed by atoms with Crippen molar-refractivity contribution in [2.24, 2.45) is 0 Å². The summed E-state index contributed by atoms with van der Waals surface area (Å²) in [6.45, 7) is 10.8. The number of rotatable bonds is 9. The third kappa shape index (κ3) is 5.81. The van der Waals surface area contributed by atoms with Gasteiger partial charge in [0.15, 0.2) is 11.0 Å². The van der Waals surface area contributed by atoms with Crippen LogP contribution in [0, 0.1) is 0 Å². The Labute approximate surface area is 218 Å². The van der Waals surface area contributed by atoms with Crippen LogP contribution >= 0.6 is 34.4 Å². The lowest BCUT2D eigenvalue weighted by Crippen LogP contribution is -2.19. The lowest BCUT2D eigenvalue weighted by atomic mass is 9.95. The molecule has 188 valence electrons. The van der Waals surface area contributed by atoms with Crippen LogP contribution in [-0.2, 0) is 28.9 Å². The number of carbonyl (C=O) groups is 2. The number of thioether (sulfide) groups is 1. The zero-order chi connectivity index (χ0) is 25.1. The van der Waals surface area contributed by atoms with Gasteiger partial charge < -0.3 is 14.6 Å². The number of nitrogens with one attached hydrogen (secondary N) is 1. The molecule has 0 unspecified atom stereocenters. The first-order valence-electron chi connectivity index (χ1n) is 12.1. The molecule has 0 saturated heterocycles. The molecule has 0 aliphatic heterocycles. The molecule has 1 aliphatic rings. The van der Waals surface area contributed by atoms with Crippen molar-refractivity contribution in [2.45, 2.75) is 84.0 Å². The molecule has 1 N–H and O–H groups in total. The van der Waals surface area contributed by atoms with Gasteiger partial charge in [0, 0.05) is 27.2 Å². The lowest BCUT2D eigenvalue weighted by molar-refractivity contribution is -0.113. The van der Waals surface area contributed by atoms with Gasteiger partial charge in [-0.3, -0.25) is 4.79 Å². The van der Waals surface area contributed by atoms with E-state index in [2.05, 4.69) is 47.7 Å². The number of thiophene rings is 2. The van der Waals surface area contributed by atoms with Crippen molar-refractivity contribution in [1.82, 2.24) is 14.8 Å². The summed E-state index contributed by atoms with van der Waals surface area (Å²) in [6.07, 6.45) is 3.73. The Balaban J connectivity index is 1.48. The minimum absolute atomic E-state index is 0.169. The predicted molar refractivity (Wildman–Crippen MR) is 144 cm³/mol. The minimum Gasteiger partial charge on any atom is -0.459 e. The number of esters is 1. The Morgan fingerprint density at radius 3 is 2.66 bits per heavy atom. The highest BCUT2D eigenvalue weighted by molar-refractivity contribution is 7.99. The molecule has 1 aliphatic carbocycles. The summed E-state index contributed by atoms with van der Waals surface area (Å²) in [5.41, 5.74) is 2.64. The number of anilines is 1. The fourth-order valence-electron chi connectivity index (χ4n) is 4.10. The Bertz CT molecular complexity index is 1210. The second-order valence-corrected chi connectivity index (χ2v) is 12.1. The Morgan fingerprint density at radius 1 is 1.20 bits per heavy atom. The van der Waals surface area contributed by atoms with Gasteiger partial charge in [0.25, 0.3) is 0 Å². The van der Waals surface area contributed by atoms with Gasteiger partial charge in [0.2, 0.25) is 5.91 Å². The molecule has 0 radical (unpaired) electrons. The number of hydrogen-bond acceptors (Lipinski definition) is 8. The number of aromatic nitrogens is 3. The molecule has 0 fully saturated rings. The van der Waals surface area contributed by atoms with Gasteiger partial charge in [-0.1, -0.05) is 25.6 Å². The normalized spacial score (nSPS) is 13.3. The number of ether oxygens (including phenoxy) is 1. The summed E-state index contributed by atoms with van der Waals surface area (Å²) in [4.78, 5) is 28.3. The van der Waals surface area contributed by atoms with E-state index < -0.39 is 0 Å². The SMILES string of the molecule is CCn1c(SCC(=O)Nc2sc3c(c2C(=O)OC(C)C)CCCC3)nnc1-c1csc(C(C)C)c1. The van der Waals surface area contributed by atoms with Crippen molar-refractivity contribution < 1.29 is 14.3 Å². The topological polar surface area (TPSA) is 86.1 Å². The molecule has 0 spiro atoms. The van der Waals surface area contributed by atoms with E-state index in [0.717, 1.165) is 42.6 Å². The summed E-state index contributed by atoms with van der Waals surface area (Å²) < 4.78 is 7.54. The third-order valence-corrected chi connectivity index (χ3v) is 9.19. The molecule has 10 heteroatoms. The van der Waals surface area contributed by atoms with E-state index in [1.807, 2.05) is 18.4 Å². The molecule has 4 rings (SSSR count). The quantitative estimate of drug-likeness (QED) is 0.254. The maximum absolute atomic E-state index is 12.9. The second-order valence-electron chi connectivity index (χ2n) is 9.15.